The highest BCUT2D eigenvalue weighted by atomic mass is 16.6. The molecule has 4 nitrogen and oxygen atoms in total. The largest absolute Gasteiger partial charge is 0.442 e. The lowest BCUT2D eigenvalue weighted by Gasteiger charge is -2.17. The molecule has 0 aromatic rings. The Morgan fingerprint density at radius 1 is 1.42 bits per heavy atom. The molecule has 0 bridgehead atoms. The van der Waals surface area contributed by atoms with Gasteiger partial charge in [0.05, 0.1) is 5.71 Å². The number of aliphatic imine (C=N–C) groups is 1. The van der Waals surface area contributed by atoms with Crippen LogP contribution in [0.2, 0.25) is 0 Å². The Labute approximate surface area is 115 Å². The maximum atomic E-state index is 11.5. The molecule has 0 aliphatic rings. The summed E-state index contributed by atoms with van der Waals surface area (Å²) in [5.74, 6) is 0.119. The number of hydrogen-bond donors (Lipinski definition) is 0. The maximum absolute atomic E-state index is 11.5. The Morgan fingerprint density at radius 3 is 2.47 bits per heavy atom. The number of amides is 1. The maximum Gasteiger partial charge on any atom is 0.434 e. The highest BCUT2D eigenvalue weighted by Gasteiger charge is 2.17. The molecule has 0 radical (unpaired) electrons. The molecule has 1 unspecified atom stereocenters. The summed E-state index contributed by atoms with van der Waals surface area (Å²) in [5.41, 5.74) is -0.419. The normalized spacial score (nSPS) is 14.2. The van der Waals surface area contributed by atoms with Crippen molar-refractivity contribution in [3.63, 3.8) is 0 Å². The van der Waals surface area contributed by atoms with Gasteiger partial charge >= 0.3 is 6.09 Å². The molecular formula is C15H23NO3. The zero-order valence-corrected chi connectivity index (χ0v) is 12.2. The molecule has 0 aliphatic carbocycles. The summed E-state index contributed by atoms with van der Waals surface area (Å²) in [5, 5.41) is 0. The lowest BCUT2D eigenvalue weighted by molar-refractivity contribution is -0.102. The third-order valence-corrected chi connectivity index (χ3v) is 2.17. The van der Waals surface area contributed by atoms with E-state index in [0.717, 1.165) is 6.42 Å². The Bertz CT molecular complexity index is 375. The van der Waals surface area contributed by atoms with Crippen molar-refractivity contribution in [2.75, 3.05) is 0 Å². The van der Waals surface area contributed by atoms with E-state index in [1.807, 2.05) is 19.1 Å². The van der Waals surface area contributed by atoms with Crippen LogP contribution >= 0.6 is 0 Å². The molecule has 0 heterocycles. The molecule has 0 saturated carbocycles. The van der Waals surface area contributed by atoms with E-state index >= 15 is 0 Å². The van der Waals surface area contributed by atoms with Crippen LogP contribution in [0.1, 0.15) is 40.5 Å². The summed E-state index contributed by atoms with van der Waals surface area (Å²) in [6.45, 7) is 10.8. The molecule has 0 aromatic heterocycles. The lowest BCUT2D eigenvalue weighted by Crippen LogP contribution is -2.23. The van der Waals surface area contributed by atoms with E-state index in [4.69, 9.17) is 4.74 Å². The van der Waals surface area contributed by atoms with Crippen LogP contribution in [-0.2, 0) is 9.53 Å². The number of nitrogens with zero attached hydrogens (tertiary/aromatic N) is 1. The molecule has 0 N–H and O–H groups in total. The number of hydrogen-bond acceptors (Lipinski definition) is 3. The Hall–Kier alpha value is -1.71. The van der Waals surface area contributed by atoms with Gasteiger partial charge in [-0.25, -0.2) is 4.79 Å². The lowest BCUT2D eigenvalue weighted by atomic mass is 9.98. The molecular weight excluding hydrogens is 242 g/mol. The molecule has 4 heteroatoms. The molecule has 1 atom stereocenters. The second kappa shape index (κ2) is 8.40. The van der Waals surface area contributed by atoms with Gasteiger partial charge in [0.1, 0.15) is 5.60 Å². The third-order valence-electron chi connectivity index (χ3n) is 2.17. The van der Waals surface area contributed by atoms with Crippen LogP contribution in [0.25, 0.3) is 0 Å². The zero-order valence-electron chi connectivity index (χ0n) is 12.2. The molecule has 106 valence electrons. The fourth-order valence-corrected chi connectivity index (χ4v) is 1.51. The van der Waals surface area contributed by atoms with Gasteiger partial charge in [0.15, 0.2) is 6.29 Å². The molecule has 0 aromatic carbocycles. The minimum Gasteiger partial charge on any atom is -0.442 e. The summed E-state index contributed by atoms with van der Waals surface area (Å²) in [6, 6.07) is 0. The molecule has 0 rings (SSSR count). The third kappa shape index (κ3) is 8.94. The van der Waals surface area contributed by atoms with Crippen LogP contribution in [0.3, 0.4) is 0 Å². The highest BCUT2D eigenvalue weighted by Crippen LogP contribution is 2.13. The summed E-state index contributed by atoms with van der Waals surface area (Å²) in [7, 11) is 0. The topological polar surface area (TPSA) is 55.7 Å². The first-order chi connectivity index (χ1) is 8.82. The average molecular weight is 265 g/mol. The summed E-state index contributed by atoms with van der Waals surface area (Å²) in [4.78, 5) is 26.2. The smallest absolute Gasteiger partial charge is 0.434 e. The van der Waals surface area contributed by atoms with Crippen molar-refractivity contribution in [2.24, 2.45) is 10.9 Å². The summed E-state index contributed by atoms with van der Waals surface area (Å²) >= 11 is 0. The van der Waals surface area contributed by atoms with Crippen LogP contribution in [0.4, 0.5) is 4.79 Å². The van der Waals surface area contributed by atoms with Crippen molar-refractivity contribution >= 4 is 18.1 Å². The standard InChI is InChI=1S/C15H23NO3/c1-6-8-12(9-7-2)10-13(11-17)16-14(18)19-15(3,4)5/h6-7,9,11-12H,1,8,10H2,2-5H3. The minimum atomic E-state index is -0.729. The first-order valence-corrected chi connectivity index (χ1v) is 6.31. The van der Waals surface area contributed by atoms with Crippen LogP contribution < -0.4 is 0 Å². The number of allylic oxidation sites excluding steroid dienone is 3. The van der Waals surface area contributed by atoms with Gasteiger partial charge in [0, 0.05) is 0 Å². The van der Waals surface area contributed by atoms with E-state index in [1.165, 1.54) is 0 Å². The van der Waals surface area contributed by atoms with E-state index in [0.29, 0.717) is 12.7 Å². The van der Waals surface area contributed by atoms with Gasteiger partial charge in [0.25, 0.3) is 0 Å². The number of aldehydes is 1. The predicted octanol–water partition coefficient (Wildman–Crippen LogP) is 3.72. The van der Waals surface area contributed by atoms with Crippen LogP contribution in [0.5, 0.6) is 0 Å². The van der Waals surface area contributed by atoms with E-state index in [1.54, 1.807) is 26.8 Å². The molecule has 0 fully saturated rings. The minimum absolute atomic E-state index is 0.119. The van der Waals surface area contributed by atoms with Gasteiger partial charge in [-0.05, 0) is 46.5 Å². The Kier molecular flexibility index (Phi) is 7.65. The zero-order chi connectivity index (χ0) is 14.9. The number of carbonyl (C=O) groups excluding carboxylic acids is 2. The number of carbonyl (C=O) groups is 2. The van der Waals surface area contributed by atoms with Crippen LogP contribution in [0.15, 0.2) is 29.8 Å². The Balaban J connectivity index is 4.75. The van der Waals surface area contributed by atoms with Gasteiger partial charge < -0.3 is 4.74 Å². The SMILES string of the molecule is C=CCC(C=CC)CC(C=O)=NC(=O)OC(C)(C)C. The van der Waals surface area contributed by atoms with Gasteiger partial charge in [-0.3, -0.25) is 4.79 Å². The fourth-order valence-electron chi connectivity index (χ4n) is 1.51. The molecule has 0 saturated heterocycles. The van der Waals surface area contributed by atoms with E-state index < -0.39 is 11.7 Å². The average Bonchev–Trinajstić information content (AvgIpc) is 2.26. The summed E-state index contributed by atoms with van der Waals surface area (Å²) in [6.07, 6.45) is 6.65. The van der Waals surface area contributed by atoms with Crippen molar-refractivity contribution in [1.82, 2.24) is 0 Å². The molecule has 1 amide bonds. The van der Waals surface area contributed by atoms with Crippen molar-refractivity contribution in [3.8, 4) is 0 Å². The fraction of sp³-hybridized carbons (Fsp3) is 0.533. The quantitative estimate of drug-likeness (QED) is 0.418. The number of ether oxygens (including phenoxy) is 1. The Morgan fingerprint density at radius 2 is 2.05 bits per heavy atom. The van der Waals surface area contributed by atoms with Gasteiger partial charge in [0.2, 0.25) is 0 Å². The monoisotopic (exact) mass is 265 g/mol. The second-order valence-corrected chi connectivity index (χ2v) is 5.22. The van der Waals surface area contributed by atoms with Gasteiger partial charge in [-0.15, -0.1) is 6.58 Å². The van der Waals surface area contributed by atoms with Crippen LogP contribution in [0, 0.1) is 5.92 Å². The van der Waals surface area contributed by atoms with E-state index in [9.17, 15) is 9.59 Å². The molecule has 0 spiro atoms. The van der Waals surface area contributed by atoms with Crippen molar-refractivity contribution in [2.45, 2.75) is 46.1 Å². The van der Waals surface area contributed by atoms with Crippen molar-refractivity contribution < 1.29 is 14.3 Å². The first kappa shape index (κ1) is 17.3. The predicted molar refractivity (Wildman–Crippen MR) is 77.5 cm³/mol. The van der Waals surface area contributed by atoms with Crippen molar-refractivity contribution in [3.05, 3.63) is 24.8 Å². The van der Waals surface area contributed by atoms with Gasteiger partial charge in [-0.1, -0.05) is 18.2 Å². The molecule has 19 heavy (non-hydrogen) atoms. The second-order valence-electron chi connectivity index (χ2n) is 5.22. The highest BCUT2D eigenvalue weighted by molar-refractivity contribution is 6.30. The first-order valence-electron chi connectivity index (χ1n) is 6.31. The van der Waals surface area contributed by atoms with E-state index in [2.05, 4.69) is 11.6 Å². The summed E-state index contributed by atoms with van der Waals surface area (Å²) < 4.78 is 5.05. The number of rotatable bonds is 6. The van der Waals surface area contributed by atoms with Crippen LogP contribution in [-0.4, -0.2) is 23.7 Å². The van der Waals surface area contributed by atoms with E-state index in [-0.39, 0.29) is 11.6 Å². The van der Waals surface area contributed by atoms with Gasteiger partial charge in [-0.2, -0.15) is 4.99 Å². The molecule has 0 aliphatic heterocycles. The van der Waals surface area contributed by atoms with Crippen molar-refractivity contribution in [1.29, 1.82) is 0 Å².